The minimum absolute atomic E-state index is 0.467. The first kappa shape index (κ1) is 11.0. The Morgan fingerprint density at radius 1 is 1.47 bits per heavy atom. The van der Waals surface area contributed by atoms with Gasteiger partial charge in [-0.3, -0.25) is 0 Å². The number of aromatic nitrogens is 3. The number of thioether (sulfide) groups is 1. The highest BCUT2D eigenvalue weighted by Gasteiger charge is 2.23. The van der Waals surface area contributed by atoms with Gasteiger partial charge in [-0.1, -0.05) is 5.21 Å². The average molecular weight is 227 g/mol. The maximum atomic E-state index is 9.78. The molecular weight excluding hydrogens is 210 g/mol. The molecule has 1 aromatic heterocycles. The first-order valence-electron chi connectivity index (χ1n) is 5.30. The number of rotatable bonds is 2. The fourth-order valence-electron chi connectivity index (χ4n) is 1.69. The van der Waals surface area contributed by atoms with E-state index in [0.717, 1.165) is 12.8 Å². The van der Waals surface area contributed by atoms with E-state index >= 15 is 0 Å². The van der Waals surface area contributed by atoms with Gasteiger partial charge in [0.15, 0.2) is 0 Å². The molecule has 84 valence electrons. The SMILES string of the molecule is CC(C)(O)c1cn(C2CCSCC2)nn1. The monoisotopic (exact) mass is 227 g/mol. The van der Waals surface area contributed by atoms with Crippen molar-refractivity contribution in [2.45, 2.75) is 38.3 Å². The molecule has 1 aromatic rings. The van der Waals surface area contributed by atoms with Crippen molar-refractivity contribution >= 4 is 11.8 Å². The van der Waals surface area contributed by atoms with Crippen molar-refractivity contribution in [3.05, 3.63) is 11.9 Å². The highest BCUT2D eigenvalue weighted by molar-refractivity contribution is 7.99. The van der Waals surface area contributed by atoms with Crippen molar-refractivity contribution in [2.75, 3.05) is 11.5 Å². The maximum absolute atomic E-state index is 9.78. The van der Waals surface area contributed by atoms with Gasteiger partial charge < -0.3 is 5.11 Å². The molecule has 0 aromatic carbocycles. The lowest BCUT2D eigenvalue weighted by atomic mass is 10.1. The van der Waals surface area contributed by atoms with Crippen molar-refractivity contribution in [3.8, 4) is 0 Å². The highest BCUT2D eigenvalue weighted by Crippen LogP contribution is 2.27. The summed E-state index contributed by atoms with van der Waals surface area (Å²) in [5, 5.41) is 17.9. The summed E-state index contributed by atoms with van der Waals surface area (Å²) in [4.78, 5) is 0. The van der Waals surface area contributed by atoms with Crippen LogP contribution in [0, 0.1) is 0 Å². The molecule has 0 unspecified atom stereocenters. The van der Waals surface area contributed by atoms with Crippen LogP contribution in [-0.4, -0.2) is 31.6 Å². The lowest BCUT2D eigenvalue weighted by molar-refractivity contribution is 0.0737. The number of hydrogen-bond acceptors (Lipinski definition) is 4. The molecule has 0 saturated carbocycles. The van der Waals surface area contributed by atoms with E-state index in [1.807, 2.05) is 22.6 Å². The summed E-state index contributed by atoms with van der Waals surface area (Å²) in [6.07, 6.45) is 4.18. The minimum atomic E-state index is -0.887. The molecule has 1 saturated heterocycles. The lowest BCUT2D eigenvalue weighted by Crippen LogP contribution is -2.17. The molecule has 0 amide bonds. The Hall–Kier alpha value is -0.550. The van der Waals surface area contributed by atoms with Crippen LogP contribution in [0.3, 0.4) is 0 Å². The van der Waals surface area contributed by atoms with Gasteiger partial charge in [0.2, 0.25) is 0 Å². The summed E-state index contributed by atoms with van der Waals surface area (Å²) >= 11 is 1.99. The quantitative estimate of drug-likeness (QED) is 0.833. The van der Waals surface area contributed by atoms with Crippen LogP contribution >= 0.6 is 11.8 Å². The Labute approximate surface area is 94.1 Å². The summed E-state index contributed by atoms with van der Waals surface area (Å²) in [6.45, 7) is 3.47. The van der Waals surface area contributed by atoms with Crippen molar-refractivity contribution in [1.29, 1.82) is 0 Å². The first-order valence-corrected chi connectivity index (χ1v) is 6.45. The van der Waals surface area contributed by atoms with Crippen molar-refractivity contribution in [2.24, 2.45) is 0 Å². The summed E-state index contributed by atoms with van der Waals surface area (Å²) in [5.74, 6) is 2.39. The molecule has 0 atom stereocenters. The third-order valence-corrected chi connectivity index (χ3v) is 3.75. The van der Waals surface area contributed by atoms with Gasteiger partial charge in [0.25, 0.3) is 0 Å². The molecule has 4 nitrogen and oxygen atoms in total. The third kappa shape index (κ3) is 2.52. The standard InChI is InChI=1S/C10H17N3OS/c1-10(2,14)9-7-13(12-11-9)8-3-5-15-6-4-8/h7-8,14H,3-6H2,1-2H3. The van der Waals surface area contributed by atoms with Crippen LogP contribution in [-0.2, 0) is 5.60 Å². The largest absolute Gasteiger partial charge is 0.384 e. The summed E-state index contributed by atoms with van der Waals surface area (Å²) in [6, 6.07) is 0.467. The average Bonchev–Trinajstić information content (AvgIpc) is 2.67. The summed E-state index contributed by atoms with van der Waals surface area (Å²) in [5.41, 5.74) is -0.234. The zero-order valence-electron chi connectivity index (χ0n) is 9.18. The van der Waals surface area contributed by atoms with Gasteiger partial charge in [0.1, 0.15) is 11.3 Å². The van der Waals surface area contributed by atoms with Gasteiger partial charge in [0, 0.05) is 0 Å². The Bertz CT molecular complexity index is 326. The van der Waals surface area contributed by atoms with E-state index in [1.54, 1.807) is 13.8 Å². The molecule has 0 spiro atoms. The van der Waals surface area contributed by atoms with Crippen LogP contribution in [0.25, 0.3) is 0 Å². The fourth-order valence-corrected chi connectivity index (χ4v) is 2.77. The van der Waals surface area contributed by atoms with Gasteiger partial charge in [0.05, 0.1) is 12.2 Å². The van der Waals surface area contributed by atoms with E-state index in [0.29, 0.717) is 11.7 Å². The normalized spacial score (nSPS) is 19.4. The van der Waals surface area contributed by atoms with Gasteiger partial charge in [-0.25, -0.2) is 4.68 Å². The second-order valence-corrected chi connectivity index (χ2v) is 5.71. The molecule has 1 N–H and O–H groups in total. The first-order chi connectivity index (χ1) is 7.07. The van der Waals surface area contributed by atoms with Crippen molar-refractivity contribution in [3.63, 3.8) is 0 Å². The fraction of sp³-hybridized carbons (Fsp3) is 0.800. The zero-order chi connectivity index (χ0) is 10.9. The molecule has 2 rings (SSSR count). The number of aliphatic hydroxyl groups is 1. The van der Waals surface area contributed by atoms with E-state index in [1.165, 1.54) is 11.5 Å². The van der Waals surface area contributed by atoms with Crippen LogP contribution in [0.5, 0.6) is 0 Å². The second kappa shape index (κ2) is 4.14. The number of hydrogen-bond donors (Lipinski definition) is 1. The smallest absolute Gasteiger partial charge is 0.114 e. The van der Waals surface area contributed by atoms with Gasteiger partial charge in [-0.05, 0) is 38.2 Å². The van der Waals surface area contributed by atoms with E-state index in [-0.39, 0.29) is 0 Å². The van der Waals surface area contributed by atoms with E-state index < -0.39 is 5.60 Å². The van der Waals surface area contributed by atoms with E-state index in [2.05, 4.69) is 10.3 Å². The second-order valence-electron chi connectivity index (χ2n) is 4.49. The molecule has 0 aliphatic carbocycles. The zero-order valence-corrected chi connectivity index (χ0v) is 10.00. The van der Waals surface area contributed by atoms with Crippen molar-refractivity contribution in [1.82, 2.24) is 15.0 Å². The predicted molar refractivity (Wildman–Crippen MR) is 60.9 cm³/mol. The van der Waals surface area contributed by atoms with E-state index in [9.17, 15) is 5.11 Å². The summed E-state index contributed by atoms with van der Waals surface area (Å²) < 4.78 is 1.91. The van der Waals surface area contributed by atoms with Crippen LogP contribution < -0.4 is 0 Å². The molecule has 1 aliphatic heterocycles. The molecule has 1 aliphatic rings. The third-order valence-electron chi connectivity index (χ3n) is 2.70. The topological polar surface area (TPSA) is 50.9 Å². The van der Waals surface area contributed by atoms with Gasteiger partial charge in [-0.15, -0.1) is 5.10 Å². The van der Waals surface area contributed by atoms with Gasteiger partial charge >= 0.3 is 0 Å². The molecule has 0 radical (unpaired) electrons. The highest BCUT2D eigenvalue weighted by atomic mass is 32.2. The molecule has 15 heavy (non-hydrogen) atoms. The Kier molecular flexibility index (Phi) is 3.02. The molecule has 0 bridgehead atoms. The summed E-state index contributed by atoms with van der Waals surface area (Å²) in [7, 11) is 0. The lowest BCUT2D eigenvalue weighted by Gasteiger charge is -2.21. The Morgan fingerprint density at radius 2 is 2.13 bits per heavy atom. The van der Waals surface area contributed by atoms with Crippen LogP contribution in [0.4, 0.5) is 0 Å². The van der Waals surface area contributed by atoms with Crippen molar-refractivity contribution < 1.29 is 5.11 Å². The minimum Gasteiger partial charge on any atom is -0.384 e. The van der Waals surface area contributed by atoms with Crippen LogP contribution in [0.1, 0.15) is 38.4 Å². The molecule has 5 heteroatoms. The molecular formula is C10H17N3OS. The molecule has 1 fully saturated rings. The maximum Gasteiger partial charge on any atom is 0.114 e. The van der Waals surface area contributed by atoms with Crippen LogP contribution in [0.15, 0.2) is 6.20 Å². The Morgan fingerprint density at radius 3 is 2.67 bits per heavy atom. The van der Waals surface area contributed by atoms with Gasteiger partial charge in [-0.2, -0.15) is 11.8 Å². The predicted octanol–water partition coefficient (Wildman–Crippen LogP) is 1.57. The van der Waals surface area contributed by atoms with Crippen LogP contribution in [0.2, 0.25) is 0 Å². The Balaban J connectivity index is 2.12. The van der Waals surface area contributed by atoms with E-state index in [4.69, 9.17) is 0 Å². The number of nitrogens with zero attached hydrogens (tertiary/aromatic N) is 3. The molecule has 2 heterocycles.